The highest BCUT2D eigenvalue weighted by atomic mass is 79.9. The van der Waals surface area contributed by atoms with Crippen LogP contribution in [0.1, 0.15) is 21.5 Å². The first-order valence-corrected chi connectivity index (χ1v) is 13.6. The number of aliphatic imine (C=N–C) groups is 1. The second-order valence-electron chi connectivity index (χ2n) is 8.36. The van der Waals surface area contributed by atoms with E-state index in [2.05, 4.69) is 36.9 Å². The normalized spacial score (nSPS) is 13.3. The minimum Gasteiger partial charge on any atom is -0.493 e. The van der Waals surface area contributed by atoms with Gasteiger partial charge in [0.15, 0.2) is 34.4 Å². The molecule has 220 valence electrons. The van der Waals surface area contributed by atoms with Crippen molar-refractivity contribution in [2.45, 2.75) is 0 Å². The summed E-state index contributed by atoms with van der Waals surface area (Å²) < 4.78 is 44.5. The molecular weight excluding hydrogens is 682 g/mol. The molecule has 1 aliphatic heterocycles. The van der Waals surface area contributed by atoms with Crippen LogP contribution in [0.25, 0.3) is 6.08 Å². The van der Waals surface area contributed by atoms with E-state index in [1.54, 1.807) is 24.3 Å². The third-order valence-corrected chi connectivity index (χ3v) is 7.00. The number of halogens is 2. The number of esters is 2. The molecular formula is C29H25Br2NO10. The maximum atomic E-state index is 13.3. The van der Waals surface area contributed by atoms with Crippen LogP contribution in [0.4, 0.5) is 0 Å². The molecule has 13 heteroatoms. The first-order valence-electron chi connectivity index (χ1n) is 12.0. The number of carbonyl (C=O) groups excluding carboxylic acids is 2. The van der Waals surface area contributed by atoms with Crippen LogP contribution in [0.3, 0.4) is 0 Å². The average molecular weight is 707 g/mol. The fraction of sp³-hybridized carbons (Fsp3) is 0.207. The monoisotopic (exact) mass is 705 g/mol. The summed E-state index contributed by atoms with van der Waals surface area (Å²) in [5, 5.41) is 0. The van der Waals surface area contributed by atoms with Crippen molar-refractivity contribution in [2.24, 2.45) is 4.99 Å². The third-order valence-electron chi connectivity index (χ3n) is 5.96. The summed E-state index contributed by atoms with van der Waals surface area (Å²) >= 11 is 6.87. The van der Waals surface area contributed by atoms with Crippen molar-refractivity contribution in [3.8, 4) is 40.2 Å². The van der Waals surface area contributed by atoms with E-state index in [0.717, 1.165) is 0 Å². The molecule has 0 bridgehead atoms. The van der Waals surface area contributed by atoms with Crippen molar-refractivity contribution >= 4 is 55.8 Å². The molecule has 1 aliphatic rings. The Morgan fingerprint density at radius 2 is 1.26 bits per heavy atom. The Bertz CT molecular complexity index is 1570. The van der Waals surface area contributed by atoms with Gasteiger partial charge in [-0.2, -0.15) is 0 Å². The predicted molar refractivity (Wildman–Crippen MR) is 160 cm³/mol. The summed E-state index contributed by atoms with van der Waals surface area (Å²) in [6, 6.07) is 9.51. The van der Waals surface area contributed by atoms with Crippen LogP contribution in [0.2, 0.25) is 0 Å². The summed E-state index contributed by atoms with van der Waals surface area (Å²) in [6.07, 6.45) is 1.45. The van der Waals surface area contributed by atoms with Gasteiger partial charge >= 0.3 is 11.9 Å². The van der Waals surface area contributed by atoms with Crippen LogP contribution >= 0.6 is 31.9 Å². The topological polar surface area (TPSA) is 120 Å². The second-order valence-corrected chi connectivity index (χ2v) is 10.1. The Kier molecular flexibility index (Phi) is 9.63. The van der Waals surface area contributed by atoms with E-state index >= 15 is 0 Å². The fourth-order valence-electron chi connectivity index (χ4n) is 4.03. The van der Waals surface area contributed by atoms with Crippen molar-refractivity contribution in [3.63, 3.8) is 0 Å². The predicted octanol–water partition coefficient (Wildman–Crippen LogP) is 5.83. The number of hydrogen-bond acceptors (Lipinski definition) is 11. The number of benzene rings is 3. The van der Waals surface area contributed by atoms with E-state index in [1.165, 1.54) is 60.9 Å². The lowest BCUT2D eigenvalue weighted by Crippen LogP contribution is -2.11. The van der Waals surface area contributed by atoms with Crippen LogP contribution in [0.5, 0.6) is 40.2 Å². The Hall–Kier alpha value is -4.23. The number of carbonyl (C=O) groups is 2. The molecule has 4 rings (SSSR count). The van der Waals surface area contributed by atoms with E-state index in [0.29, 0.717) is 43.1 Å². The first kappa shape index (κ1) is 30.7. The zero-order chi connectivity index (χ0) is 30.6. The number of hydrogen-bond donors (Lipinski definition) is 0. The molecule has 0 saturated heterocycles. The lowest BCUT2D eigenvalue weighted by atomic mass is 10.1. The van der Waals surface area contributed by atoms with Crippen molar-refractivity contribution in [3.05, 3.63) is 67.7 Å². The number of cyclic esters (lactones) is 1. The van der Waals surface area contributed by atoms with Gasteiger partial charge in [0.05, 0.1) is 52.7 Å². The number of ether oxygens (including phenoxy) is 8. The maximum absolute atomic E-state index is 13.3. The van der Waals surface area contributed by atoms with Crippen LogP contribution in [0.15, 0.2) is 56.0 Å². The molecule has 0 amide bonds. The summed E-state index contributed by atoms with van der Waals surface area (Å²) in [7, 11) is 8.77. The van der Waals surface area contributed by atoms with Gasteiger partial charge in [-0.25, -0.2) is 14.6 Å². The minimum absolute atomic E-state index is 0.0236. The average Bonchev–Trinajstić information content (AvgIpc) is 3.36. The standard InChI is InChI=1S/C29H25Br2NO10/c1-35-20-9-15(10-21(36-2)25(20)39-5)27-32-19(29(34)42-27)8-14-7-17(30)13-18(31)24(14)41-28(33)16-11-22(37-3)26(40-6)23(12-16)38-4/h7-13H,1-6H3/b19-8-. The molecule has 0 radical (unpaired) electrons. The van der Waals surface area contributed by atoms with Gasteiger partial charge in [0, 0.05) is 15.6 Å². The van der Waals surface area contributed by atoms with Crippen LogP contribution in [-0.2, 0) is 9.53 Å². The summed E-state index contributed by atoms with van der Waals surface area (Å²) in [5.41, 5.74) is 0.888. The lowest BCUT2D eigenvalue weighted by molar-refractivity contribution is -0.129. The molecule has 0 spiro atoms. The van der Waals surface area contributed by atoms with E-state index < -0.39 is 11.9 Å². The SMILES string of the molecule is COc1cc(C(=O)Oc2c(Br)cc(Br)cc2/C=C2\N=C(c3cc(OC)c(OC)c(OC)c3)OC2=O)cc(OC)c1OC. The summed E-state index contributed by atoms with van der Waals surface area (Å²) in [6.45, 7) is 0. The zero-order valence-corrected chi connectivity index (χ0v) is 26.5. The molecule has 3 aromatic rings. The largest absolute Gasteiger partial charge is 0.493 e. The quantitative estimate of drug-likeness (QED) is 0.145. The van der Waals surface area contributed by atoms with E-state index in [9.17, 15) is 9.59 Å². The maximum Gasteiger partial charge on any atom is 0.363 e. The highest BCUT2D eigenvalue weighted by Crippen LogP contribution is 2.41. The van der Waals surface area contributed by atoms with E-state index in [-0.39, 0.29) is 34.4 Å². The van der Waals surface area contributed by atoms with E-state index in [1.807, 2.05) is 0 Å². The number of nitrogens with zero attached hydrogens (tertiary/aromatic N) is 1. The Morgan fingerprint density at radius 1 is 0.738 bits per heavy atom. The molecule has 0 aromatic heterocycles. The molecule has 0 unspecified atom stereocenters. The molecule has 42 heavy (non-hydrogen) atoms. The Morgan fingerprint density at radius 3 is 1.76 bits per heavy atom. The van der Waals surface area contributed by atoms with Gasteiger partial charge in [0.1, 0.15) is 0 Å². The van der Waals surface area contributed by atoms with Gasteiger partial charge in [-0.3, -0.25) is 0 Å². The van der Waals surface area contributed by atoms with Gasteiger partial charge in [-0.15, -0.1) is 0 Å². The number of rotatable bonds is 10. The lowest BCUT2D eigenvalue weighted by Gasteiger charge is -2.15. The summed E-state index contributed by atoms with van der Waals surface area (Å²) in [5.74, 6) is 0.717. The van der Waals surface area contributed by atoms with Crippen molar-refractivity contribution in [2.75, 3.05) is 42.7 Å². The van der Waals surface area contributed by atoms with Gasteiger partial charge < -0.3 is 37.9 Å². The second kappa shape index (κ2) is 13.2. The van der Waals surface area contributed by atoms with Crippen LogP contribution < -0.4 is 33.2 Å². The van der Waals surface area contributed by atoms with Gasteiger partial charge in [0.25, 0.3) is 0 Å². The third kappa shape index (κ3) is 6.16. The van der Waals surface area contributed by atoms with Crippen LogP contribution in [-0.4, -0.2) is 60.5 Å². The summed E-state index contributed by atoms with van der Waals surface area (Å²) in [4.78, 5) is 30.5. The fourth-order valence-corrected chi connectivity index (χ4v) is 5.37. The highest BCUT2D eigenvalue weighted by molar-refractivity contribution is 9.11. The molecule has 1 heterocycles. The smallest absolute Gasteiger partial charge is 0.363 e. The van der Waals surface area contributed by atoms with E-state index in [4.69, 9.17) is 37.9 Å². The van der Waals surface area contributed by atoms with Crippen molar-refractivity contribution in [1.82, 2.24) is 0 Å². The minimum atomic E-state index is -0.715. The molecule has 0 fully saturated rings. The molecule has 11 nitrogen and oxygen atoms in total. The molecule has 0 saturated carbocycles. The highest BCUT2D eigenvalue weighted by Gasteiger charge is 2.28. The number of methoxy groups -OCH3 is 6. The molecule has 0 atom stereocenters. The Balaban J connectivity index is 1.74. The molecule has 0 aliphatic carbocycles. The van der Waals surface area contributed by atoms with Gasteiger partial charge in [0.2, 0.25) is 17.4 Å². The van der Waals surface area contributed by atoms with Crippen molar-refractivity contribution in [1.29, 1.82) is 0 Å². The molecule has 3 aromatic carbocycles. The first-order chi connectivity index (χ1) is 20.2. The Labute approximate surface area is 258 Å². The van der Waals surface area contributed by atoms with Gasteiger partial charge in [-0.05, 0) is 58.4 Å². The molecule has 0 N–H and O–H groups in total. The zero-order valence-electron chi connectivity index (χ0n) is 23.3. The van der Waals surface area contributed by atoms with Gasteiger partial charge in [-0.1, -0.05) is 15.9 Å². The van der Waals surface area contributed by atoms with Crippen LogP contribution in [0, 0.1) is 0 Å². The van der Waals surface area contributed by atoms with Crippen molar-refractivity contribution < 1.29 is 47.5 Å².